The second kappa shape index (κ2) is 7.81. The lowest BCUT2D eigenvalue weighted by atomic mass is 10.1. The second-order valence-electron chi connectivity index (χ2n) is 5.91. The zero-order valence-corrected chi connectivity index (χ0v) is 13.9. The van der Waals surface area contributed by atoms with Gasteiger partial charge in [0.2, 0.25) is 0 Å². The molecular formula is C16H24BrNO. The van der Waals surface area contributed by atoms with Gasteiger partial charge in [0.25, 0.3) is 0 Å². The Bertz CT molecular complexity index is 388. The van der Waals surface area contributed by atoms with E-state index in [2.05, 4.69) is 48.5 Å². The van der Waals surface area contributed by atoms with Gasteiger partial charge in [0.05, 0.1) is 6.54 Å². The van der Waals surface area contributed by atoms with Crippen LogP contribution in [0.2, 0.25) is 0 Å². The first-order valence-corrected chi connectivity index (χ1v) is 7.69. The van der Waals surface area contributed by atoms with Crippen LogP contribution in [0.5, 0.6) is 0 Å². The highest BCUT2D eigenvalue weighted by Crippen LogP contribution is 2.12. The minimum absolute atomic E-state index is 0.203. The first-order valence-electron chi connectivity index (χ1n) is 6.89. The first kappa shape index (κ1) is 16.4. The van der Waals surface area contributed by atoms with Crippen molar-refractivity contribution in [1.82, 2.24) is 4.90 Å². The highest BCUT2D eigenvalue weighted by atomic mass is 79.9. The number of ketones is 1. The van der Waals surface area contributed by atoms with Crippen molar-refractivity contribution < 1.29 is 4.79 Å². The minimum atomic E-state index is 0.203. The average molecular weight is 326 g/mol. The van der Waals surface area contributed by atoms with Crippen LogP contribution in [0.25, 0.3) is 0 Å². The lowest BCUT2D eigenvalue weighted by Crippen LogP contribution is -2.35. The molecule has 0 amide bonds. The summed E-state index contributed by atoms with van der Waals surface area (Å²) in [6.07, 6.45) is 0. The molecule has 0 saturated heterocycles. The molecule has 0 unspecified atom stereocenters. The van der Waals surface area contributed by atoms with Gasteiger partial charge >= 0.3 is 0 Å². The molecule has 1 aromatic rings. The number of carbonyl (C=O) groups is 1. The van der Waals surface area contributed by atoms with E-state index in [1.165, 1.54) is 0 Å². The maximum absolute atomic E-state index is 12.3. The summed E-state index contributed by atoms with van der Waals surface area (Å²) in [6, 6.07) is 7.61. The molecule has 0 spiro atoms. The normalized spacial score (nSPS) is 11.6. The Morgan fingerprint density at radius 3 is 1.95 bits per heavy atom. The predicted octanol–water partition coefficient (Wildman–Crippen LogP) is 4.25. The van der Waals surface area contributed by atoms with E-state index in [1.807, 2.05) is 24.3 Å². The summed E-state index contributed by atoms with van der Waals surface area (Å²) >= 11 is 3.39. The zero-order valence-electron chi connectivity index (χ0n) is 12.3. The van der Waals surface area contributed by atoms with Crippen molar-refractivity contribution in [2.24, 2.45) is 11.8 Å². The van der Waals surface area contributed by atoms with Gasteiger partial charge in [0, 0.05) is 23.1 Å². The van der Waals surface area contributed by atoms with Crippen LogP contribution < -0.4 is 0 Å². The van der Waals surface area contributed by atoms with Crippen LogP contribution in [0.4, 0.5) is 0 Å². The molecule has 0 bridgehead atoms. The van der Waals surface area contributed by atoms with Gasteiger partial charge in [-0.1, -0.05) is 55.8 Å². The molecular weight excluding hydrogens is 302 g/mol. The number of nitrogens with zero attached hydrogens (tertiary/aromatic N) is 1. The molecule has 0 aliphatic rings. The highest BCUT2D eigenvalue weighted by molar-refractivity contribution is 9.10. The quantitative estimate of drug-likeness (QED) is 0.698. The largest absolute Gasteiger partial charge is 0.295 e. The van der Waals surface area contributed by atoms with Gasteiger partial charge in [-0.3, -0.25) is 9.69 Å². The zero-order chi connectivity index (χ0) is 14.4. The average Bonchev–Trinajstić information content (AvgIpc) is 2.27. The number of benzene rings is 1. The molecule has 0 aliphatic carbocycles. The van der Waals surface area contributed by atoms with Gasteiger partial charge in [-0.05, 0) is 24.0 Å². The topological polar surface area (TPSA) is 20.3 Å². The highest BCUT2D eigenvalue weighted by Gasteiger charge is 2.14. The standard InChI is InChI=1S/C16H24BrNO/c1-12(2)9-18(10-13(3)4)11-16(19)14-5-7-15(17)8-6-14/h5-8,12-13H,9-11H2,1-4H3. The number of rotatable bonds is 7. The third kappa shape index (κ3) is 6.35. The predicted molar refractivity (Wildman–Crippen MR) is 84.6 cm³/mol. The lowest BCUT2D eigenvalue weighted by Gasteiger charge is -2.25. The molecule has 3 heteroatoms. The Morgan fingerprint density at radius 1 is 1.05 bits per heavy atom. The van der Waals surface area contributed by atoms with Crippen molar-refractivity contribution in [3.63, 3.8) is 0 Å². The van der Waals surface area contributed by atoms with Crippen LogP contribution in [0.15, 0.2) is 28.7 Å². The number of Topliss-reactive ketones (excluding diaryl/α,β-unsaturated/α-hetero) is 1. The van der Waals surface area contributed by atoms with E-state index in [0.29, 0.717) is 18.4 Å². The molecule has 0 aromatic heterocycles. The fourth-order valence-corrected chi connectivity index (χ4v) is 2.43. The summed E-state index contributed by atoms with van der Waals surface area (Å²) in [4.78, 5) is 14.5. The van der Waals surface area contributed by atoms with Crippen LogP contribution in [0.3, 0.4) is 0 Å². The van der Waals surface area contributed by atoms with E-state index in [0.717, 1.165) is 23.1 Å². The Balaban J connectivity index is 2.66. The molecule has 1 aromatic carbocycles. The molecule has 0 radical (unpaired) electrons. The summed E-state index contributed by atoms with van der Waals surface area (Å²) in [5.41, 5.74) is 0.792. The summed E-state index contributed by atoms with van der Waals surface area (Å²) < 4.78 is 1.00. The molecule has 2 nitrogen and oxygen atoms in total. The van der Waals surface area contributed by atoms with Crippen molar-refractivity contribution in [2.75, 3.05) is 19.6 Å². The summed E-state index contributed by atoms with van der Waals surface area (Å²) in [5.74, 6) is 1.36. The Morgan fingerprint density at radius 2 is 1.53 bits per heavy atom. The minimum Gasteiger partial charge on any atom is -0.295 e. The molecule has 0 N–H and O–H groups in total. The fraction of sp³-hybridized carbons (Fsp3) is 0.562. The van der Waals surface area contributed by atoms with Crippen molar-refractivity contribution in [2.45, 2.75) is 27.7 Å². The SMILES string of the molecule is CC(C)CN(CC(=O)c1ccc(Br)cc1)CC(C)C. The van der Waals surface area contributed by atoms with Crippen LogP contribution in [-0.2, 0) is 0 Å². The number of hydrogen-bond donors (Lipinski definition) is 0. The summed E-state index contributed by atoms with van der Waals surface area (Å²) in [7, 11) is 0. The smallest absolute Gasteiger partial charge is 0.176 e. The van der Waals surface area contributed by atoms with Crippen molar-refractivity contribution >= 4 is 21.7 Å². The Hall–Kier alpha value is -0.670. The van der Waals surface area contributed by atoms with Crippen molar-refractivity contribution in [1.29, 1.82) is 0 Å². The van der Waals surface area contributed by atoms with Crippen LogP contribution >= 0.6 is 15.9 Å². The van der Waals surface area contributed by atoms with E-state index < -0.39 is 0 Å². The summed E-state index contributed by atoms with van der Waals surface area (Å²) in [5, 5.41) is 0. The van der Waals surface area contributed by atoms with Gasteiger partial charge < -0.3 is 0 Å². The number of halogens is 1. The van der Waals surface area contributed by atoms with Gasteiger partial charge in [-0.25, -0.2) is 0 Å². The second-order valence-corrected chi connectivity index (χ2v) is 6.83. The van der Waals surface area contributed by atoms with E-state index in [9.17, 15) is 4.79 Å². The fourth-order valence-electron chi connectivity index (χ4n) is 2.17. The van der Waals surface area contributed by atoms with Crippen molar-refractivity contribution in [3.05, 3.63) is 34.3 Å². The molecule has 106 valence electrons. The monoisotopic (exact) mass is 325 g/mol. The van der Waals surface area contributed by atoms with E-state index in [-0.39, 0.29) is 5.78 Å². The lowest BCUT2D eigenvalue weighted by molar-refractivity contribution is 0.0912. The Labute approximate surface area is 125 Å². The van der Waals surface area contributed by atoms with Crippen molar-refractivity contribution in [3.8, 4) is 0 Å². The van der Waals surface area contributed by atoms with Crippen LogP contribution in [0, 0.1) is 11.8 Å². The first-order chi connectivity index (χ1) is 8.88. The van der Waals surface area contributed by atoms with Gasteiger partial charge in [0.15, 0.2) is 5.78 Å². The van der Waals surface area contributed by atoms with Crippen LogP contribution in [0.1, 0.15) is 38.1 Å². The van der Waals surface area contributed by atoms with E-state index in [4.69, 9.17) is 0 Å². The Kier molecular flexibility index (Phi) is 6.73. The third-order valence-electron chi connectivity index (χ3n) is 2.78. The van der Waals surface area contributed by atoms with E-state index >= 15 is 0 Å². The van der Waals surface area contributed by atoms with Crippen LogP contribution in [-0.4, -0.2) is 30.3 Å². The maximum Gasteiger partial charge on any atom is 0.176 e. The molecule has 19 heavy (non-hydrogen) atoms. The molecule has 0 heterocycles. The van der Waals surface area contributed by atoms with Gasteiger partial charge in [0.1, 0.15) is 0 Å². The molecule has 0 fully saturated rings. The van der Waals surface area contributed by atoms with Gasteiger partial charge in [-0.2, -0.15) is 0 Å². The molecule has 0 aliphatic heterocycles. The maximum atomic E-state index is 12.3. The molecule has 0 saturated carbocycles. The van der Waals surface area contributed by atoms with Gasteiger partial charge in [-0.15, -0.1) is 0 Å². The molecule has 1 rings (SSSR count). The van der Waals surface area contributed by atoms with E-state index in [1.54, 1.807) is 0 Å². The number of carbonyl (C=O) groups excluding carboxylic acids is 1. The third-order valence-corrected chi connectivity index (χ3v) is 3.31. The molecule has 0 atom stereocenters. The summed E-state index contributed by atoms with van der Waals surface area (Å²) in [6.45, 7) is 11.2. The number of hydrogen-bond acceptors (Lipinski definition) is 2.